The standard InChI is InChI=1S/C16H27NO3/c1-12(2)20-16-14(7-6-8-15(16)19-5)11-17(4)10-9-13(3)18/h6-8,12-13,18H,9-11H2,1-5H3. The van der Waals surface area contributed by atoms with E-state index in [2.05, 4.69) is 11.0 Å². The van der Waals surface area contributed by atoms with Crippen LogP contribution in [0.4, 0.5) is 0 Å². The van der Waals surface area contributed by atoms with Crippen LogP contribution in [0, 0.1) is 0 Å². The molecule has 4 heteroatoms. The van der Waals surface area contributed by atoms with Crippen molar-refractivity contribution in [1.29, 1.82) is 0 Å². The molecule has 114 valence electrons. The molecule has 0 fully saturated rings. The van der Waals surface area contributed by atoms with Gasteiger partial charge in [0.15, 0.2) is 11.5 Å². The molecule has 0 heterocycles. The molecule has 0 aliphatic carbocycles. The van der Waals surface area contributed by atoms with Gasteiger partial charge in [-0.2, -0.15) is 0 Å². The monoisotopic (exact) mass is 281 g/mol. The summed E-state index contributed by atoms with van der Waals surface area (Å²) in [6, 6.07) is 5.94. The second-order valence-electron chi connectivity index (χ2n) is 5.49. The highest BCUT2D eigenvalue weighted by atomic mass is 16.5. The molecule has 0 bridgehead atoms. The van der Waals surface area contributed by atoms with Gasteiger partial charge in [0.05, 0.1) is 19.3 Å². The molecule has 1 unspecified atom stereocenters. The molecule has 1 aromatic carbocycles. The molecule has 0 aliphatic heterocycles. The summed E-state index contributed by atoms with van der Waals surface area (Å²) in [4.78, 5) is 2.18. The van der Waals surface area contributed by atoms with Crippen molar-refractivity contribution in [2.45, 2.75) is 45.9 Å². The highest BCUT2D eigenvalue weighted by Crippen LogP contribution is 2.32. The number of methoxy groups -OCH3 is 1. The van der Waals surface area contributed by atoms with E-state index in [1.165, 1.54) is 0 Å². The van der Waals surface area contributed by atoms with E-state index in [0.717, 1.165) is 36.6 Å². The van der Waals surface area contributed by atoms with Crippen LogP contribution < -0.4 is 9.47 Å². The molecule has 0 spiro atoms. The topological polar surface area (TPSA) is 41.9 Å². The van der Waals surface area contributed by atoms with Crippen LogP contribution in [-0.2, 0) is 6.54 Å². The Labute approximate surface area is 122 Å². The minimum atomic E-state index is -0.269. The molecule has 1 atom stereocenters. The number of rotatable bonds is 8. The lowest BCUT2D eigenvalue weighted by molar-refractivity contribution is 0.161. The van der Waals surface area contributed by atoms with E-state index in [-0.39, 0.29) is 12.2 Å². The van der Waals surface area contributed by atoms with Crippen molar-refractivity contribution in [2.24, 2.45) is 0 Å². The van der Waals surface area contributed by atoms with Gasteiger partial charge in [-0.05, 0) is 40.3 Å². The van der Waals surface area contributed by atoms with E-state index in [1.54, 1.807) is 7.11 Å². The van der Waals surface area contributed by atoms with E-state index < -0.39 is 0 Å². The first-order valence-corrected chi connectivity index (χ1v) is 7.13. The third-order valence-electron chi connectivity index (χ3n) is 3.00. The summed E-state index contributed by atoms with van der Waals surface area (Å²) in [5.74, 6) is 1.58. The van der Waals surface area contributed by atoms with Crippen LogP contribution in [0.25, 0.3) is 0 Å². The molecule has 0 amide bonds. The van der Waals surface area contributed by atoms with Crippen LogP contribution in [-0.4, -0.2) is 42.9 Å². The summed E-state index contributed by atoms with van der Waals surface area (Å²) < 4.78 is 11.3. The van der Waals surface area contributed by atoms with Crippen molar-refractivity contribution in [3.8, 4) is 11.5 Å². The maximum atomic E-state index is 9.35. The summed E-state index contributed by atoms with van der Waals surface area (Å²) in [5, 5.41) is 9.35. The van der Waals surface area contributed by atoms with Crippen molar-refractivity contribution in [3.05, 3.63) is 23.8 Å². The van der Waals surface area contributed by atoms with Crippen LogP contribution in [0.3, 0.4) is 0 Å². The van der Waals surface area contributed by atoms with Crippen molar-refractivity contribution < 1.29 is 14.6 Å². The first kappa shape index (κ1) is 16.8. The van der Waals surface area contributed by atoms with Crippen LogP contribution in [0.1, 0.15) is 32.8 Å². The second-order valence-corrected chi connectivity index (χ2v) is 5.49. The minimum absolute atomic E-state index is 0.104. The maximum Gasteiger partial charge on any atom is 0.166 e. The highest BCUT2D eigenvalue weighted by Gasteiger charge is 2.14. The van der Waals surface area contributed by atoms with E-state index in [9.17, 15) is 5.11 Å². The van der Waals surface area contributed by atoms with Gasteiger partial charge < -0.3 is 19.5 Å². The van der Waals surface area contributed by atoms with Gasteiger partial charge in [-0.15, -0.1) is 0 Å². The smallest absolute Gasteiger partial charge is 0.166 e. The van der Waals surface area contributed by atoms with Crippen LogP contribution >= 0.6 is 0 Å². The summed E-state index contributed by atoms with van der Waals surface area (Å²) in [5.41, 5.74) is 1.10. The lowest BCUT2D eigenvalue weighted by Gasteiger charge is -2.22. The Morgan fingerprint density at radius 1 is 1.25 bits per heavy atom. The average Bonchev–Trinajstić information content (AvgIpc) is 2.37. The lowest BCUT2D eigenvalue weighted by Crippen LogP contribution is -2.22. The number of ether oxygens (including phenoxy) is 2. The Kier molecular flexibility index (Phi) is 6.82. The third kappa shape index (κ3) is 5.39. The van der Waals surface area contributed by atoms with Gasteiger partial charge in [0, 0.05) is 18.7 Å². The fourth-order valence-corrected chi connectivity index (χ4v) is 1.99. The molecule has 1 aromatic rings. The predicted molar refractivity (Wildman–Crippen MR) is 81.4 cm³/mol. The Bertz CT molecular complexity index is 405. The number of nitrogens with zero attached hydrogens (tertiary/aromatic N) is 1. The molecule has 1 N–H and O–H groups in total. The second kappa shape index (κ2) is 8.12. The van der Waals surface area contributed by atoms with Crippen LogP contribution in [0.2, 0.25) is 0 Å². The molecule has 20 heavy (non-hydrogen) atoms. The van der Waals surface area contributed by atoms with Gasteiger partial charge in [0.2, 0.25) is 0 Å². The van der Waals surface area contributed by atoms with Gasteiger partial charge in [-0.1, -0.05) is 12.1 Å². The maximum absolute atomic E-state index is 9.35. The lowest BCUT2D eigenvalue weighted by atomic mass is 10.1. The van der Waals surface area contributed by atoms with E-state index in [0.29, 0.717) is 0 Å². The zero-order chi connectivity index (χ0) is 15.1. The first-order chi connectivity index (χ1) is 9.43. The number of hydrogen-bond acceptors (Lipinski definition) is 4. The summed E-state index contributed by atoms with van der Waals surface area (Å²) in [7, 11) is 3.70. The number of aliphatic hydroxyl groups excluding tert-OH is 1. The van der Waals surface area contributed by atoms with E-state index in [1.807, 2.05) is 40.0 Å². The van der Waals surface area contributed by atoms with Crippen molar-refractivity contribution in [1.82, 2.24) is 4.90 Å². The van der Waals surface area contributed by atoms with Gasteiger partial charge in [-0.25, -0.2) is 0 Å². The third-order valence-corrected chi connectivity index (χ3v) is 3.00. The molecule has 4 nitrogen and oxygen atoms in total. The minimum Gasteiger partial charge on any atom is -0.493 e. The fraction of sp³-hybridized carbons (Fsp3) is 0.625. The molecular formula is C16H27NO3. The molecular weight excluding hydrogens is 254 g/mol. The largest absolute Gasteiger partial charge is 0.493 e. The molecule has 0 radical (unpaired) electrons. The SMILES string of the molecule is COc1cccc(CN(C)CCC(C)O)c1OC(C)C. The normalized spacial score (nSPS) is 12.8. The summed E-state index contributed by atoms with van der Waals surface area (Å²) >= 11 is 0. The number of hydrogen-bond donors (Lipinski definition) is 1. The van der Waals surface area contributed by atoms with Crippen LogP contribution in [0.5, 0.6) is 11.5 Å². The number of benzene rings is 1. The molecule has 0 saturated heterocycles. The average molecular weight is 281 g/mol. The first-order valence-electron chi connectivity index (χ1n) is 7.13. The molecule has 0 aliphatic rings. The van der Waals surface area contributed by atoms with E-state index in [4.69, 9.17) is 9.47 Å². The molecule has 0 aromatic heterocycles. The predicted octanol–water partition coefficient (Wildman–Crippen LogP) is 2.69. The van der Waals surface area contributed by atoms with E-state index >= 15 is 0 Å². The fourth-order valence-electron chi connectivity index (χ4n) is 1.99. The van der Waals surface area contributed by atoms with Gasteiger partial charge in [-0.3, -0.25) is 0 Å². The molecule has 1 rings (SSSR count). The van der Waals surface area contributed by atoms with Crippen LogP contribution in [0.15, 0.2) is 18.2 Å². The van der Waals surface area contributed by atoms with Crippen molar-refractivity contribution in [3.63, 3.8) is 0 Å². The highest BCUT2D eigenvalue weighted by molar-refractivity contribution is 5.46. The number of para-hydroxylation sites is 1. The zero-order valence-electron chi connectivity index (χ0n) is 13.2. The Morgan fingerprint density at radius 2 is 1.95 bits per heavy atom. The van der Waals surface area contributed by atoms with Gasteiger partial charge in [0.1, 0.15) is 0 Å². The Hall–Kier alpha value is -1.26. The summed E-state index contributed by atoms with van der Waals surface area (Å²) in [6.07, 6.45) is 0.600. The van der Waals surface area contributed by atoms with Crippen molar-refractivity contribution in [2.75, 3.05) is 20.7 Å². The zero-order valence-corrected chi connectivity index (χ0v) is 13.2. The number of aliphatic hydroxyl groups is 1. The summed E-state index contributed by atoms with van der Waals surface area (Å²) in [6.45, 7) is 7.44. The van der Waals surface area contributed by atoms with Gasteiger partial charge in [0.25, 0.3) is 0 Å². The molecule has 0 saturated carbocycles. The quantitative estimate of drug-likeness (QED) is 0.795. The Balaban J connectivity index is 2.82. The van der Waals surface area contributed by atoms with Crippen molar-refractivity contribution >= 4 is 0 Å². The van der Waals surface area contributed by atoms with Gasteiger partial charge >= 0.3 is 0 Å². The Morgan fingerprint density at radius 3 is 2.50 bits per heavy atom.